The molecule has 4 rings (SSSR count). The molecule has 1 aromatic heterocycles. The fourth-order valence-electron chi connectivity index (χ4n) is 6.97. The number of guanidine groups is 1. The molecule has 2 heterocycles. The molecule has 7 N–H and O–H groups in total. The first-order chi connectivity index (χ1) is 24.3. The molecule has 2 aromatic carbocycles. The van der Waals surface area contributed by atoms with E-state index in [1.165, 1.54) is 11.6 Å². The number of carboxylic acid groups (broad SMARTS) is 1. The molecule has 1 aliphatic heterocycles. The van der Waals surface area contributed by atoms with Gasteiger partial charge in [0.25, 0.3) is 0 Å². The number of nitrogens with two attached hydrogens (primary N) is 1. The maximum atomic E-state index is 12.2. The molecule has 0 saturated carbocycles. The molecule has 5 unspecified atom stereocenters. The van der Waals surface area contributed by atoms with Gasteiger partial charge in [0.1, 0.15) is 12.6 Å². The number of hydrogen-bond acceptors (Lipinski definition) is 8. The Hall–Kier alpha value is -4.48. The van der Waals surface area contributed by atoms with E-state index >= 15 is 0 Å². The molecule has 0 saturated heterocycles. The number of aliphatic hydroxyl groups is 2. The Balaban J connectivity index is 1.57. The van der Waals surface area contributed by atoms with E-state index in [4.69, 9.17) is 16.2 Å². The maximum absolute atomic E-state index is 12.2. The van der Waals surface area contributed by atoms with E-state index in [9.17, 15) is 24.6 Å². The van der Waals surface area contributed by atoms with Crippen molar-refractivity contribution in [2.75, 3.05) is 13.2 Å². The summed E-state index contributed by atoms with van der Waals surface area (Å²) in [6.07, 6.45) is 14.0. The maximum Gasteiger partial charge on any atom is 0.328 e. The molecular weight excluding hydrogens is 634 g/mol. The van der Waals surface area contributed by atoms with Crippen LogP contribution in [0.3, 0.4) is 0 Å². The van der Waals surface area contributed by atoms with Crippen molar-refractivity contribution in [2.24, 2.45) is 16.6 Å². The summed E-state index contributed by atoms with van der Waals surface area (Å²) in [5.74, 6) is -0.151. The van der Waals surface area contributed by atoms with Crippen LogP contribution in [-0.2, 0) is 20.8 Å². The number of fused-ring (bicyclic) bond motifs is 1. The summed E-state index contributed by atoms with van der Waals surface area (Å²) in [5, 5.41) is 39.1. The van der Waals surface area contributed by atoms with E-state index in [0.717, 1.165) is 80.3 Å². The van der Waals surface area contributed by atoms with Gasteiger partial charge in [0.15, 0.2) is 5.96 Å². The van der Waals surface area contributed by atoms with Gasteiger partial charge in [0.2, 0.25) is 0 Å². The van der Waals surface area contributed by atoms with Gasteiger partial charge in [0.05, 0.1) is 18.7 Å². The fourth-order valence-corrected chi connectivity index (χ4v) is 6.97. The van der Waals surface area contributed by atoms with E-state index in [0.29, 0.717) is 37.1 Å². The lowest BCUT2D eigenvalue weighted by Gasteiger charge is -2.35. The second-order valence-corrected chi connectivity index (χ2v) is 13.3. The van der Waals surface area contributed by atoms with Gasteiger partial charge in [-0.05, 0) is 84.4 Å². The van der Waals surface area contributed by atoms with Crippen molar-refractivity contribution >= 4 is 41.1 Å². The van der Waals surface area contributed by atoms with Gasteiger partial charge in [0, 0.05) is 25.0 Å². The fraction of sp³-hybridized carbons (Fsp3) is 0.487. The average molecular weight is 687 g/mol. The SMILES string of the molecule is NC1=NC(C(=CC(=O)O)C(CCC(CCCCCCC(C=O)CCCO)c2ccc3ccc(CC=O)cc3c2)[N-]c2ccc[nH]2)CC(CO)N1. The normalized spacial score (nSPS) is 18.1. The number of nitrogens with one attached hydrogen (secondary N) is 2. The Labute approximate surface area is 294 Å². The first-order valence-electron chi connectivity index (χ1n) is 17.8. The molecule has 0 fully saturated rings. The number of carbonyl (C=O) groups excluding carboxylic acids is 2. The number of aromatic nitrogens is 1. The van der Waals surface area contributed by atoms with Crippen molar-refractivity contribution in [1.82, 2.24) is 10.3 Å². The molecule has 0 bridgehead atoms. The van der Waals surface area contributed by atoms with Crippen LogP contribution in [0.15, 0.2) is 71.4 Å². The van der Waals surface area contributed by atoms with E-state index < -0.39 is 18.1 Å². The number of aldehydes is 2. The predicted molar refractivity (Wildman–Crippen MR) is 197 cm³/mol. The highest BCUT2D eigenvalue weighted by Crippen LogP contribution is 2.36. The number of nitrogens with zero attached hydrogens (tertiary/aromatic N) is 2. The van der Waals surface area contributed by atoms with Crippen molar-refractivity contribution < 1.29 is 29.7 Å². The lowest BCUT2D eigenvalue weighted by Crippen LogP contribution is -2.49. The Morgan fingerprint density at radius 3 is 2.44 bits per heavy atom. The van der Waals surface area contributed by atoms with Crippen molar-refractivity contribution in [3.63, 3.8) is 0 Å². The summed E-state index contributed by atoms with van der Waals surface area (Å²) in [4.78, 5) is 42.5. The number of H-pyrrole nitrogens is 1. The van der Waals surface area contributed by atoms with Gasteiger partial charge in [-0.2, -0.15) is 0 Å². The number of aliphatic hydroxyl groups excluding tert-OH is 2. The summed E-state index contributed by atoms with van der Waals surface area (Å²) >= 11 is 0. The predicted octanol–water partition coefficient (Wildman–Crippen LogP) is 5.82. The highest BCUT2D eigenvalue weighted by Gasteiger charge is 2.29. The number of unbranched alkanes of at least 4 members (excludes halogenated alkanes) is 3. The third-order valence-electron chi connectivity index (χ3n) is 9.62. The molecule has 0 aliphatic carbocycles. The van der Waals surface area contributed by atoms with Crippen molar-refractivity contribution in [2.45, 2.75) is 101 Å². The first kappa shape index (κ1) is 38.3. The van der Waals surface area contributed by atoms with Crippen molar-refractivity contribution in [1.29, 1.82) is 0 Å². The summed E-state index contributed by atoms with van der Waals surface area (Å²) < 4.78 is 0. The van der Waals surface area contributed by atoms with Crippen LogP contribution >= 0.6 is 0 Å². The first-order valence-corrected chi connectivity index (χ1v) is 17.8. The number of carbonyl (C=O) groups is 3. The van der Waals surface area contributed by atoms with Gasteiger partial charge >= 0.3 is 5.97 Å². The minimum atomic E-state index is -1.09. The van der Waals surface area contributed by atoms with Gasteiger partial charge in [-0.15, -0.1) is 0 Å². The molecule has 5 atom stereocenters. The number of aromatic amines is 1. The Bertz CT molecular complexity index is 1570. The van der Waals surface area contributed by atoms with Crippen LogP contribution in [0, 0.1) is 5.92 Å². The molecule has 0 amide bonds. The summed E-state index contributed by atoms with van der Waals surface area (Å²) in [7, 11) is 0. The van der Waals surface area contributed by atoms with Crippen LogP contribution in [-0.4, -0.2) is 76.1 Å². The highest BCUT2D eigenvalue weighted by atomic mass is 16.4. The van der Waals surface area contributed by atoms with Crippen LogP contribution < -0.4 is 11.1 Å². The van der Waals surface area contributed by atoms with Crippen LogP contribution in [0.2, 0.25) is 0 Å². The van der Waals surface area contributed by atoms with Gasteiger partial charge in [-0.3, -0.25) is 0 Å². The monoisotopic (exact) mass is 686 g/mol. The van der Waals surface area contributed by atoms with Gasteiger partial charge in [-0.1, -0.05) is 86.2 Å². The Morgan fingerprint density at radius 2 is 1.74 bits per heavy atom. The smallest absolute Gasteiger partial charge is 0.328 e. The Kier molecular flexibility index (Phi) is 15.5. The van der Waals surface area contributed by atoms with Gasteiger partial charge in [-0.25, -0.2) is 9.79 Å². The Morgan fingerprint density at radius 1 is 0.960 bits per heavy atom. The average Bonchev–Trinajstić information content (AvgIpc) is 3.63. The second kappa shape index (κ2) is 20.3. The quantitative estimate of drug-likeness (QED) is 0.0408. The number of benzene rings is 2. The number of rotatable bonds is 23. The summed E-state index contributed by atoms with van der Waals surface area (Å²) in [5.41, 5.74) is 8.75. The topological polar surface area (TPSA) is 192 Å². The zero-order chi connectivity index (χ0) is 35.7. The lowest BCUT2D eigenvalue weighted by atomic mass is 9.83. The number of aliphatic imine (C=N–C) groups is 1. The number of carboxylic acids is 1. The summed E-state index contributed by atoms with van der Waals surface area (Å²) in [6.45, 7) is -0.0590. The molecule has 11 nitrogen and oxygen atoms in total. The number of hydrogen-bond donors (Lipinski definition) is 6. The summed E-state index contributed by atoms with van der Waals surface area (Å²) in [6, 6.07) is 14.8. The van der Waals surface area contributed by atoms with Crippen LogP contribution in [0.4, 0.5) is 5.82 Å². The standard InChI is InChI=1S/C39H52N5O6/c40-39-42-33(26-48)23-36(44-39)34(24-38(49)50)35(43-37-10-5-18-41-37)16-15-29(9-4-2-1-3-7-28(25-47)8-6-19-45)31-14-13-30-12-11-27(17-20-46)21-32(30)22-31/h5,10-14,18,20-22,24-25,28-29,33,35-36,41,45,48H,1-4,6-9,15-17,19,23,26H2,(H,49,50)(H3,40,42,44)/q-1. The van der Waals surface area contributed by atoms with E-state index in [2.05, 4.69) is 39.6 Å². The molecule has 270 valence electrons. The molecule has 0 spiro atoms. The van der Waals surface area contributed by atoms with E-state index in [-0.39, 0.29) is 37.1 Å². The molecular formula is C39H52N5O6-. The number of aliphatic carboxylic acids is 1. The van der Waals surface area contributed by atoms with Crippen molar-refractivity contribution in [3.8, 4) is 0 Å². The highest BCUT2D eigenvalue weighted by molar-refractivity contribution is 5.85. The largest absolute Gasteiger partial charge is 0.478 e. The van der Waals surface area contributed by atoms with E-state index in [1.54, 1.807) is 6.20 Å². The van der Waals surface area contributed by atoms with Crippen molar-refractivity contribution in [3.05, 3.63) is 82.8 Å². The zero-order valence-corrected chi connectivity index (χ0v) is 28.8. The van der Waals surface area contributed by atoms with Gasteiger partial charge < -0.3 is 46.3 Å². The molecule has 0 radical (unpaired) electrons. The van der Waals surface area contributed by atoms with Crippen LogP contribution in [0.5, 0.6) is 0 Å². The van der Waals surface area contributed by atoms with E-state index in [1.807, 2.05) is 24.3 Å². The second-order valence-electron chi connectivity index (χ2n) is 13.3. The van der Waals surface area contributed by atoms with Crippen LogP contribution in [0.1, 0.15) is 87.7 Å². The molecule has 1 aliphatic rings. The van der Waals surface area contributed by atoms with Crippen LogP contribution in [0.25, 0.3) is 16.1 Å². The third-order valence-corrected chi connectivity index (χ3v) is 9.62. The third kappa shape index (κ3) is 11.8. The minimum Gasteiger partial charge on any atom is -0.478 e. The zero-order valence-electron chi connectivity index (χ0n) is 28.8. The molecule has 11 heteroatoms. The molecule has 50 heavy (non-hydrogen) atoms. The lowest BCUT2D eigenvalue weighted by molar-refractivity contribution is -0.131. The molecule has 3 aromatic rings. The minimum absolute atomic E-state index is 0.00250.